The molecule has 0 amide bonds. The van der Waals surface area contributed by atoms with Gasteiger partial charge in [-0.3, -0.25) is 0 Å². The molecular weight excluding hydrogens is 242 g/mol. The van der Waals surface area contributed by atoms with Crippen LogP contribution in [-0.4, -0.2) is 37.3 Å². The van der Waals surface area contributed by atoms with Crippen LogP contribution in [0.2, 0.25) is 0 Å². The number of hydrogen-bond acceptors (Lipinski definition) is 3. The summed E-state index contributed by atoms with van der Waals surface area (Å²) < 4.78 is 5.47. The molecule has 0 saturated carbocycles. The number of rotatable bonds is 6. The zero-order valence-electron chi connectivity index (χ0n) is 11.8. The van der Waals surface area contributed by atoms with Gasteiger partial charge in [-0.25, -0.2) is 0 Å². The number of thioether (sulfide) groups is 1. The van der Waals surface area contributed by atoms with E-state index in [4.69, 9.17) is 4.74 Å². The van der Waals surface area contributed by atoms with Gasteiger partial charge in [-0.05, 0) is 68.4 Å². The van der Waals surface area contributed by atoms with Gasteiger partial charge in [-0.1, -0.05) is 6.92 Å². The van der Waals surface area contributed by atoms with E-state index in [0.717, 1.165) is 37.6 Å². The van der Waals surface area contributed by atoms with Gasteiger partial charge in [0.15, 0.2) is 0 Å². The van der Waals surface area contributed by atoms with E-state index in [-0.39, 0.29) is 0 Å². The fourth-order valence-electron chi connectivity index (χ4n) is 3.32. The number of nitrogens with one attached hydrogen (secondary N) is 1. The van der Waals surface area contributed by atoms with Gasteiger partial charge in [0.2, 0.25) is 0 Å². The van der Waals surface area contributed by atoms with Crippen molar-refractivity contribution in [1.82, 2.24) is 5.32 Å². The molecule has 2 aliphatic rings. The van der Waals surface area contributed by atoms with Gasteiger partial charge in [0.05, 0.1) is 0 Å². The summed E-state index contributed by atoms with van der Waals surface area (Å²) in [5.74, 6) is 4.66. The van der Waals surface area contributed by atoms with Crippen LogP contribution in [0.5, 0.6) is 0 Å². The van der Waals surface area contributed by atoms with Crippen molar-refractivity contribution < 1.29 is 4.74 Å². The van der Waals surface area contributed by atoms with Crippen LogP contribution in [0, 0.1) is 11.8 Å². The zero-order valence-corrected chi connectivity index (χ0v) is 12.6. The minimum atomic E-state index is 0.756. The maximum atomic E-state index is 5.47. The lowest BCUT2D eigenvalue weighted by molar-refractivity contribution is 0.0595. The molecule has 0 radical (unpaired) electrons. The molecule has 3 heteroatoms. The topological polar surface area (TPSA) is 21.3 Å². The SMILES string of the molecule is CCNC(CC1CCOCC1)CC1CCSCC1. The third-order valence-corrected chi connectivity index (χ3v) is 5.46. The predicted molar refractivity (Wildman–Crippen MR) is 80.3 cm³/mol. The summed E-state index contributed by atoms with van der Waals surface area (Å²) in [4.78, 5) is 0. The van der Waals surface area contributed by atoms with Crippen LogP contribution in [0.15, 0.2) is 0 Å². The van der Waals surface area contributed by atoms with Crippen molar-refractivity contribution in [2.75, 3.05) is 31.3 Å². The molecule has 2 saturated heterocycles. The molecule has 0 aromatic heterocycles. The van der Waals surface area contributed by atoms with Crippen molar-refractivity contribution in [2.24, 2.45) is 11.8 Å². The average Bonchev–Trinajstić information content (AvgIpc) is 2.41. The van der Waals surface area contributed by atoms with Crippen LogP contribution in [-0.2, 0) is 4.74 Å². The summed E-state index contributed by atoms with van der Waals surface area (Å²) >= 11 is 2.14. The second-order valence-electron chi connectivity index (χ2n) is 5.84. The minimum absolute atomic E-state index is 0.756. The zero-order chi connectivity index (χ0) is 12.6. The van der Waals surface area contributed by atoms with E-state index < -0.39 is 0 Å². The molecule has 18 heavy (non-hydrogen) atoms. The second-order valence-corrected chi connectivity index (χ2v) is 7.06. The van der Waals surface area contributed by atoms with Gasteiger partial charge >= 0.3 is 0 Å². The van der Waals surface area contributed by atoms with E-state index >= 15 is 0 Å². The lowest BCUT2D eigenvalue weighted by atomic mass is 9.86. The minimum Gasteiger partial charge on any atom is -0.381 e. The van der Waals surface area contributed by atoms with Crippen LogP contribution in [0.25, 0.3) is 0 Å². The molecule has 0 bridgehead atoms. The van der Waals surface area contributed by atoms with Crippen LogP contribution in [0.3, 0.4) is 0 Å². The quantitative estimate of drug-likeness (QED) is 0.801. The molecule has 2 rings (SSSR count). The van der Waals surface area contributed by atoms with Crippen LogP contribution >= 0.6 is 11.8 Å². The Bertz CT molecular complexity index is 193. The molecule has 1 atom stereocenters. The molecule has 0 aliphatic carbocycles. The summed E-state index contributed by atoms with van der Waals surface area (Å²) in [6.07, 6.45) is 8.23. The molecule has 0 aromatic rings. The van der Waals surface area contributed by atoms with Crippen LogP contribution in [0.4, 0.5) is 0 Å². The van der Waals surface area contributed by atoms with Crippen molar-refractivity contribution in [3.63, 3.8) is 0 Å². The highest BCUT2D eigenvalue weighted by molar-refractivity contribution is 7.99. The first-order valence-corrected chi connectivity index (χ1v) is 8.92. The first kappa shape index (κ1) is 14.7. The van der Waals surface area contributed by atoms with Gasteiger partial charge in [0.25, 0.3) is 0 Å². The van der Waals surface area contributed by atoms with Crippen molar-refractivity contribution in [1.29, 1.82) is 0 Å². The first-order chi connectivity index (χ1) is 8.88. The normalized spacial score (nSPS) is 25.2. The van der Waals surface area contributed by atoms with Gasteiger partial charge in [0, 0.05) is 19.3 Å². The fourth-order valence-corrected chi connectivity index (χ4v) is 4.52. The highest BCUT2D eigenvalue weighted by Gasteiger charge is 2.22. The lowest BCUT2D eigenvalue weighted by Crippen LogP contribution is -2.35. The Balaban J connectivity index is 1.74. The van der Waals surface area contributed by atoms with E-state index in [1.54, 1.807) is 0 Å². The Morgan fingerprint density at radius 1 is 1.06 bits per heavy atom. The smallest absolute Gasteiger partial charge is 0.0468 e. The van der Waals surface area contributed by atoms with Crippen LogP contribution < -0.4 is 5.32 Å². The molecular formula is C15H29NOS. The summed E-state index contributed by atoms with van der Waals surface area (Å²) in [5, 5.41) is 3.73. The summed E-state index contributed by atoms with van der Waals surface area (Å²) in [7, 11) is 0. The number of ether oxygens (including phenoxy) is 1. The monoisotopic (exact) mass is 271 g/mol. The van der Waals surface area contributed by atoms with Crippen molar-refractivity contribution in [3.05, 3.63) is 0 Å². The largest absolute Gasteiger partial charge is 0.381 e. The molecule has 2 heterocycles. The Morgan fingerprint density at radius 2 is 1.67 bits per heavy atom. The Kier molecular flexibility index (Phi) is 6.88. The van der Waals surface area contributed by atoms with E-state index in [0.29, 0.717) is 0 Å². The van der Waals surface area contributed by atoms with Crippen molar-refractivity contribution in [2.45, 2.75) is 51.5 Å². The number of hydrogen-bond donors (Lipinski definition) is 1. The highest BCUT2D eigenvalue weighted by Crippen LogP contribution is 2.29. The van der Waals surface area contributed by atoms with Gasteiger partial charge < -0.3 is 10.1 Å². The Hall–Kier alpha value is 0.270. The third-order valence-electron chi connectivity index (χ3n) is 4.41. The fraction of sp³-hybridized carbons (Fsp3) is 1.00. The van der Waals surface area contributed by atoms with Crippen LogP contribution in [0.1, 0.15) is 45.4 Å². The van der Waals surface area contributed by atoms with Crippen molar-refractivity contribution >= 4 is 11.8 Å². The first-order valence-electron chi connectivity index (χ1n) is 7.77. The lowest BCUT2D eigenvalue weighted by Gasteiger charge is -2.31. The molecule has 106 valence electrons. The Morgan fingerprint density at radius 3 is 2.28 bits per heavy atom. The highest BCUT2D eigenvalue weighted by atomic mass is 32.2. The van der Waals surface area contributed by atoms with E-state index in [9.17, 15) is 0 Å². The average molecular weight is 271 g/mol. The maximum Gasteiger partial charge on any atom is 0.0468 e. The van der Waals surface area contributed by atoms with E-state index in [1.807, 2.05) is 0 Å². The van der Waals surface area contributed by atoms with Gasteiger partial charge in [0.1, 0.15) is 0 Å². The molecule has 2 fully saturated rings. The summed E-state index contributed by atoms with van der Waals surface area (Å²) in [5.41, 5.74) is 0. The molecule has 1 unspecified atom stereocenters. The molecule has 0 aromatic carbocycles. The standard InChI is InChI=1S/C15H29NOS/c1-2-16-15(11-13-3-7-17-8-4-13)12-14-5-9-18-10-6-14/h13-16H,2-12H2,1H3. The third kappa shape index (κ3) is 5.10. The molecule has 1 N–H and O–H groups in total. The predicted octanol–water partition coefficient (Wildman–Crippen LogP) is 3.31. The summed E-state index contributed by atoms with van der Waals surface area (Å²) in [6.45, 7) is 5.34. The molecule has 0 spiro atoms. The summed E-state index contributed by atoms with van der Waals surface area (Å²) in [6, 6.07) is 0.756. The van der Waals surface area contributed by atoms with Crippen molar-refractivity contribution in [3.8, 4) is 0 Å². The van der Waals surface area contributed by atoms with E-state index in [1.165, 1.54) is 50.0 Å². The van der Waals surface area contributed by atoms with E-state index in [2.05, 4.69) is 24.0 Å². The van der Waals surface area contributed by atoms with Gasteiger partial charge in [-0.15, -0.1) is 0 Å². The molecule has 2 aliphatic heterocycles. The maximum absolute atomic E-state index is 5.47. The second kappa shape index (κ2) is 8.44. The van der Waals surface area contributed by atoms with Gasteiger partial charge in [-0.2, -0.15) is 11.8 Å². The Labute approximate surface area is 117 Å². The molecule has 2 nitrogen and oxygen atoms in total.